The van der Waals surface area contributed by atoms with E-state index in [1.165, 1.54) is 18.6 Å². The molecule has 3 N–H and O–H groups in total. The first-order chi connectivity index (χ1) is 13.0. The van der Waals surface area contributed by atoms with Crippen LogP contribution in [0.1, 0.15) is 42.6 Å². The summed E-state index contributed by atoms with van der Waals surface area (Å²) in [5, 5.41) is 5.66. The highest BCUT2D eigenvalue weighted by Crippen LogP contribution is 2.22. The average molecular weight is 366 g/mol. The van der Waals surface area contributed by atoms with Crippen LogP contribution in [-0.2, 0) is 4.79 Å². The lowest BCUT2D eigenvalue weighted by molar-refractivity contribution is -0.122. The summed E-state index contributed by atoms with van der Waals surface area (Å²) in [7, 11) is 0. The van der Waals surface area contributed by atoms with E-state index in [1.54, 1.807) is 0 Å². The first-order valence-corrected chi connectivity index (χ1v) is 8.83. The summed E-state index contributed by atoms with van der Waals surface area (Å²) < 4.78 is 0. The van der Waals surface area contributed by atoms with Gasteiger partial charge in [-0.25, -0.2) is 9.97 Å². The van der Waals surface area contributed by atoms with E-state index >= 15 is 0 Å². The van der Waals surface area contributed by atoms with Crippen LogP contribution in [0.15, 0.2) is 42.9 Å². The van der Waals surface area contributed by atoms with E-state index in [9.17, 15) is 9.59 Å². The van der Waals surface area contributed by atoms with Crippen molar-refractivity contribution in [3.05, 3.63) is 54.4 Å². The molecule has 0 fully saturated rings. The van der Waals surface area contributed by atoms with Crippen molar-refractivity contribution in [2.75, 3.05) is 6.54 Å². The highest BCUT2D eigenvalue weighted by Gasteiger charge is 2.21. The highest BCUT2D eigenvalue weighted by atomic mass is 16.2. The zero-order chi connectivity index (χ0) is 19.2. The van der Waals surface area contributed by atoms with Gasteiger partial charge in [-0.05, 0) is 18.1 Å². The number of nitrogens with one attached hydrogen (secondary N) is 3. The van der Waals surface area contributed by atoms with Crippen molar-refractivity contribution in [1.82, 2.24) is 30.6 Å². The predicted molar refractivity (Wildman–Crippen MR) is 101 cm³/mol. The van der Waals surface area contributed by atoms with Crippen molar-refractivity contribution in [3.63, 3.8) is 0 Å². The van der Waals surface area contributed by atoms with E-state index in [2.05, 4.69) is 30.6 Å². The third-order valence-electron chi connectivity index (χ3n) is 4.12. The Morgan fingerprint density at radius 2 is 2.00 bits per heavy atom. The molecule has 0 unspecified atom stereocenters. The van der Waals surface area contributed by atoms with Gasteiger partial charge in [-0.1, -0.05) is 26.0 Å². The van der Waals surface area contributed by atoms with Gasteiger partial charge in [0, 0.05) is 25.4 Å². The largest absolute Gasteiger partial charge is 0.350 e. The zero-order valence-electron chi connectivity index (χ0n) is 15.3. The quantitative estimate of drug-likeness (QED) is 0.592. The molecule has 1 aromatic carbocycles. The third kappa shape index (κ3) is 4.66. The van der Waals surface area contributed by atoms with Crippen LogP contribution in [-0.4, -0.2) is 38.3 Å². The number of nitrogens with zero attached hydrogens (tertiary/aromatic N) is 3. The van der Waals surface area contributed by atoms with Gasteiger partial charge >= 0.3 is 0 Å². The van der Waals surface area contributed by atoms with Gasteiger partial charge in [-0.2, -0.15) is 0 Å². The Morgan fingerprint density at radius 1 is 1.19 bits per heavy atom. The van der Waals surface area contributed by atoms with Crippen LogP contribution in [0.2, 0.25) is 0 Å². The molecule has 0 spiro atoms. The van der Waals surface area contributed by atoms with Crippen LogP contribution in [0, 0.1) is 5.92 Å². The summed E-state index contributed by atoms with van der Waals surface area (Å²) in [6.45, 7) is 4.26. The van der Waals surface area contributed by atoms with Gasteiger partial charge in [0.05, 0.1) is 23.3 Å². The first-order valence-electron chi connectivity index (χ1n) is 8.83. The lowest BCUT2D eigenvalue weighted by Gasteiger charge is -2.20. The van der Waals surface area contributed by atoms with Gasteiger partial charge in [0.25, 0.3) is 5.91 Å². The summed E-state index contributed by atoms with van der Waals surface area (Å²) in [6.07, 6.45) is 4.48. The molecule has 3 rings (SSSR count). The maximum absolute atomic E-state index is 12.3. The topological polar surface area (TPSA) is 113 Å². The molecule has 0 bridgehead atoms. The van der Waals surface area contributed by atoms with E-state index in [0.29, 0.717) is 0 Å². The fourth-order valence-corrected chi connectivity index (χ4v) is 2.71. The van der Waals surface area contributed by atoms with E-state index < -0.39 is 0 Å². The molecule has 0 aliphatic heterocycles. The summed E-state index contributed by atoms with van der Waals surface area (Å²) in [6, 6.07) is 7.51. The van der Waals surface area contributed by atoms with Crippen molar-refractivity contribution in [2.45, 2.75) is 26.3 Å². The maximum Gasteiger partial charge on any atom is 0.271 e. The number of para-hydroxylation sites is 2. The zero-order valence-corrected chi connectivity index (χ0v) is 15.3. The van der Waals surface area contributed by atoms with Crippen LogP contribution in [0.3, 0.4) is 0 Å². The van der Waals surface area contributed by atoms with Crippen LogP contribution in [0.25, 0.3) is 11.0 Å². The maximum atomic E-state index is 12.3. The number of rotatable bonds is 7. The molecule has 2 heterocycles. The minimum Gasteiger partial charge on any atom is -0.350 e. The molecular formula is C19H22N6O2. The van der Waals surface area contributed by atoms with Crippen molar-refractivity contribution in [1.29, 1.82) is 0 Å². The van der Waals surface area contributed by atoms with Crippen molar-refractivity contribution < 1.29 is 9.59 Å². The number of aromatic amines is 1. The molecule has 0 saturated heterocycles. The number of aromatic nitrogens is 4. The van der Waals surface area contributed by atoms with E-state index in [0.717, 1.165) is 16.9 Å². The Balaban J connectivity index is 1.56. The molecule has 1 atom stereocenters. The fraction of sp³-hybridized carbons (Fsp3) is 0.316. The molecular weight excluding hydrogens is 344 g/mol. The Hall–Kier alpha value is -3.29. The van der Waals surface area contributed by atoms with Crippen molar-refractivity contribution in [2.24, 2.45) is 5.92 Å². The lowest BCUT2D eigenvalue weighted by Crippen LogP contribution is -2.35. The second kappa shape index (κ2) is 8.39. The number of fused-ring (bicyclic) bond motifs is 1. The first kappa shape index (κ1) is 18.5. The summed E-state index contributed by atoms with van der Waals surface area (Å²) >= 11 is 0. The second-order valence-corrected chi connectivity index (χ2v) is 6.52. The van der Waals surface area contributed by atoms with Crippen molar-refractivity contribution in [3.8, 4) is 0 Å². The number of amides is 2. The molecule has 2 amide bonds. The number of carbonyl (C=O) groups is 2. The Morgan fingerprint density at radius 3 is 2.70 bits per heavy atom. The molecule has 0 aliphatic rings. The normalized spacial score (nSPS) is 12.1. The number of carbonyl (C=O) groups excluding carboxylic acids is 2. The van der Waals surface area contributed by atoms with Gasteiger partial charge in [0.1, 0.15) is 11.5 Å². The number of H-pyrrole nitrogens is 1. The number of imidazole rings is 1. The SMILES string of the molecule is CC(C)[C@H](NC(=O)CCNC(=O)c1cnccn1)c1nc2ccccc2[nH]1. The molecule has 8 nitrogen and oxygen atoms in total. The van der Waals surface area contributed by atoms with Gasteiger partial charge < -0.3 is 15.6 Å². The van der Waals surface area contributed by atoms with Gasteiger partial charge in [-0.3, -0.25) is 14.6 Å². The van der Waals surface area contributed by atoms with E-state index in [1.807, 2.05) is 38.1 Å². The Kier molecular flexibility index (Phi) is 5.75. The summed E-state index contributed by atoms with van der Waals surface area (Å²) in [5.74, 6) is 0.369. The number of hydrogen-bond acceptors (Lipinski definition) is 5. The second-order valence-electron chi connectivity index (χ2n) is 6.52. The Labute approximate surface area is 156 Å². The molecule has 3 aromatic rings. The fourth-order valence-electron chi connectivity index (χ4n) is 2.71. The Bertz CT molecular complexity index is 889. The average Bonchev–Trinajstić information content (AvgIpc) is 3.10. The van der Waals surface area contributed by atoms with Gasteiger partial charge in [0.2, 0.25) is 5.91 Å². The molecule has 27 heavy (non-hydrogen) atoms. The van der Waals surface area contributed by atoms with E-state index in [-0.39, 0.29) is 42.4 Å². The van der Waals surface area contributed by atoms with Gasteiger partial charge in [-0.15, -0.1) is 0 Å². The standard InChI is InChI=1S/C19H22N6O2/c1-12(2)17(18-23-13-5-3-4-6-14(13)24-18)25-16(26)7-8-22-19(27)15-11-20-9-10-21-15/h3-6,9-12,17H,7-8H2,1-2H3,(H,22,27)(H,23,24)(H,25,26)/t17-/m0/s1. The summed E-state index contributed by atoms with van der Waals surface area (Å²) in [5.41, 5.74) is 2.02. The van der Waals surface area contributed by atoms with Crippen LogP contribution < -0.4 is 10.6 Å². The lowest BCUT2D eigenvalue weighted by atomic mass is 10.0. The molecule has 140 valence electrons. The summed E-state index contributed by atoms with van der Waals surface area (Å²) in [4.78, 5) is 39.9. The molecule has 0 radical (unpaired) electrons. The molecule has 8 heteroatoms. The molecule has 0 aliphatic carbocycles. The smallest absolute Gasteiger partial charge is 0.271 e. The van der Waals surface area contributed by atoms with Crippen molar-refractivity contribution >= 4 is 22.8 Å². The molecule has 2 aromatic heterocycles. The number of benzene rings is 1. The minimum absolute atomic E-state index is 0.156. The van der Waals surface area contributed by atoms with Gasteiger partial charge in [0.15, 0.2) is 0 Å². The minimum atomic E-state index is -0.353. The van der Waals surface area contributed by atoms with Crippen LogP contribution in [0.5, 0.6) is 0 Å². The monoisotopic (exact) mass is 366 g/mol. The van der Waals surface area contributed by atoms with E-state index in [4.69, 9.17) is 0 Å². The van der Waals surface area contributed by atoms with Crippen LogP contribution in [0.4, 0.5) is 0 Å². The number of hydrogen-bond donors (Lipinski definition) is 3. The van der Waals surface area contributed by atoms with Crippen LogP contribution >= 0.6 is 0 Å². The predicted octanol–water partition coefficient (Wildman–Crippen LogP) is 1.99. The third-order valence-corrected chi connectivity index (χ3v) is 4.12. The molecule has 0 saturated carbocycles. The highest BCUT2D eigenvalue weighted by molar-refractivity contribution is 5.92.